The van der Waals surface area contributed by atoms with Gasteiger partial charge in [-0.05, 0) is 12.5 Å². The molecule has 0 aromatic rings. The molecular weight excluding hydrogens is 166 g/mol. The first-order valence-electron chi connectivity index (χ1n) is 4.13. The van der Waals surface area contributed by atoms with E-state index in [1.165, 1.54) is 0 Å². The lowest BCUT2D eigenvalue weighted by Crippen LogP contribution is -2.26. The molecule has 1 heterocycles. The van der Waals surface area contributed by atoms with Crippen LogP contribution in [0.3, 0.4) is 0 Å². The molecule has 0 aromatic carbocycles. The molecule has 0 unspecified atom stereocenters. The van der Waals surface area contributed by atoms with E-state index in [9.17, 15) is 4.79 Å². The minimum absolute atomic E-state index is 0. The fourth-order valence-electron chi connectivity index (χ4n) is 1.03. The molecule has 0 bridgehead atoms. The van der Waals surface area contributed by atoms with Crippen LogP contribution in [0.5, 0.6) is 0 Å². The van der Waals surface area contributed by atoms with Gasteiger partial charge in [0.05, 0.1) is 6.04 Å². The van der Waals surface area contributed by atoms with E-state index < -0.39 is 0 Å². The molecule has 72 valence electrons. The maximum atomic E-state index is 10.7. The summed E-state index contributed by atoms with van der Waals surface area (Å²) >= 11 is 0. The van der Waals surface area contributed by atoms with Gasteiger partial charge in [-0.3, -0.25) is 0 Å². The number of carbonyl (C=O) groups is 1. The van der Waals surface area contributed by atoms with Gasteiger partial charge in [0.2, 0.25) is 0 Å². The smallest absolute Gasteiger partial charge is 0.407 e. The second-order valence-corrected chi connectivity index (χ2v) is 2.83. The van der Waals surface area contributed by atoms with Crippen LogP contribution in [0.2, 0.25) is 0 Å². The highest BCUT2D eigenvalue weighted by atomic mass is 16.6. The topological polar surface area (TPSA) is 38.3 Å². The average Bonchev–Trinajstić information content (AvgIpc) is 2.52. The van der Waals surface area contributed by atoms with Crippen molar-refractivity contribution in [3.63, 3.8) is 0 Å². The van der Waals surface area contributed by atoms with Crippen LogP contribution >= 0.6 is 0 Å². The van der Waals surface area contributed by atoms with E-state index >= 15 is 0 Å². The summed E-state index contributed by atoms with van der Waals surface area (Å²) in [5.41, 5.74) is 1.07. The molecule has 3 heteroatoms. The molecule has 0 saturated carbocycles. The van der Waals surface area contributed by atoms with Crippen LogP contribution in [0.25, 0.3) is 0 Å². The number of hydrogen-bond acceptors (Lipinski definition) is 2. The Morgan fingerprint density at radius 2 is 2.54 bits per heavy atom. The van der Waals surface area contributed by atoms with Gasteiger partial charge in [0, 0.05) is 1.43 Å². The molecule has 3 nitrogen and oxygen atoms in total. The number of nitrogens with one attached hydrogen (secondary N) is 1. The van der Waals surface area contributed by atoms with Crippen molar-refractivity contribution in [1.82, 2.24) is 5.32 Å². The molecule has 1 rings (SSSR count). The predicted octanol–water partition coefficient (Wildman–Crippen LogP) is 2.03. The Labute approximate surface area is 79.3 Å². The first kappa shape index (κ1) is 9.58. The lowest BCUT2D eigenvalue weighted by atomic mass is 10.1. The summed E-state index contributed by atoms with van der Waals surface area (Å²) in [6, 6.07) is 0.0157. The minimum atomic E-state index is -0.342. The minimum Gasteiger partial charge on any atom is -0.447 e. The van der Waals surface area contributed by atoms with Crippen LogP contribution in [0.4, 0.5) is 4.79 Å². The van der Waals surface area contributed by atoms with Gasteiger partial charge in [0.15, 0.2) is 0 Å². The monoisotopic (exact) mass is 181 g/mol. The summed E-state index contributed by atoms with van der Waals surface area (Å²) in [6.07, 6.45) is 7.01. The van der Waals surface area contributed by atoms with E-state index in [1.807, 2.05) is 25.2 Å². The first-order valence-corrected chi connectivity index (χ1v) is 4.13. The summed E-state index contributed by atoms with van der Waals surface area (Å²) in [6.45, 7) is 5.93. The molecule has 13 heavy (non-hydrogen) atoms. The van der Waals surface area contributed by atoms with Gasteiger partial charge in [0.1, 0.15) is 6.61 Å². The number of carbonyl (C=O) groups excluding carboxylic acids is 1. The maximum absolute atomic E-state index is 10.7. The van der Waals surface area contributed by atoms with Crippen LogP contribution < -0.4 is 5.32 Å². The Morgan fingerprint density at radius 3 is 3.08 bits per heavy atom. The van der Waals surface area contributed by atoms with Crippen molar-refractivity contribution < 1.29 is 11.0 Å². The third-order valence-corrected chi connectivity index (χ3v) is 1.83. The normalized spacial score (nSPS) is 23.0. The molecule has 1 fully saturated rings. The molecular formula is C10H15NO2. The SMILES string of the molecule is C=C/C=C\C=C(/C)[C@H]1COC(=O)N1.[HH]. The summed E-state index contributed by atoms with van der Waals surface area (Å²) in [7, 11) is 0. The van der Waals surface area contributed by atoms with Gasteiger partial charge < -0.3 is 10.1 Å². The molecule has 0 aromatic heterocycles. The van der Waals surface area contributed by atoms with Crippen LogP contribution in [-0.2, 0) is 4.74 Å². The predicted molar refractivity (Wildman–Crippen MR) is 53.5 cm³/mol. The second kappa shape index (κ2) is 4.50. The van der Waals surface area contributed by atoms with Gasteiger partial charge in [-0.2, -0.15) is 0 Å². The van der Waals surface area contributed by atoms with Crippen molar-refractivity contribution in [1.29, 1.82) is 0 Å². The zero-order valence-corrected chi connectivity index (χ0v) is 7.62. The number of ether oxygens (including phenoxy) is 1. The zero-order chi connectivity index (χ0) is 9.68. The molecule has 1 amide bonds. The van der Waals surface area contributed by atoms with Crippen molar-refractivity contribution in [3.05, 3.63) is 36.5 Å². The lowest BCUT2D eigenvalue weighted by Gasteiger charge is -2.05. The average molecular weight is 181 g/mol. The largest absolute Gasteiger partial charge is 0.447 e. The molecule has 0 aliphatic carbocycles. The number of alkyl carbamates (subject to hydrolysis) is 1. The van der Waals surface area contributed by atoms with E-state index in [4.69, 9.17) is 4.74 Å². The maximum Gasteiger partial charge on any atom is 0.407 e. The molecule has 0 spiro atoms. The summed E-state index contributed by atoms with van der Waals surface area (Å²) in [5.74, 6) is 0. The molecule has 1 atom stereocenters. The Morgan fingerprint density at radius 1 is 1.77 bits per heavy atom. The highest BCUT2D eigenvalue weighted by Gasteiger charge is 2.22. The fourth-order valence-corrected chi connectivity index (χ4v) is 1.03. The highest BCUT2D eigenvalue weighted by molar-refractivity contribution is 5.70. The van der Waals surface area contributed by atoms with Gasteiger partial charge in [-0.25, -0.2) is 4.79 Å². The molecule has 1 aliphatic rings. The Balaban J connectivity index is 0.00000169. The van der Waals surface area contributed by atoms with Crippen LogP contribution in [-0.4, -0.2) is 18.7 Å². The molecule has 1 N–H and O–H groups in total. The van der Waals surface area contributed by atoms with Crippen LogP contribution in [0.15, 0.2) is 36.5 Å². The van der Waals surface area contributed by atoms with E-state index in [1.54, 1.807) is 6.08 Å². The zero-order valence-electron chi connectivity index (χ0n) is 7.62. The third kappa shape index (κ3) is 2.78. The molecule has 1 saturated heterocycles. The summed E-state index contributed by atoms with van der Waals surface area (Å²) in [4.78, 5) is 10.7. The van der Waals surface area contributed by atoms with Gasteiger partial charge in [-0.15, -0.1) is 0 Å². The van der Waals surface area contributed by atoms with Crippen molar-refractivity contribution in [2.75, 3.05) is 6.61 Å². The third-order valence-electron chi connectivity index (χ3n) is 1.83. The number of allylic oxidation sites excluding steroid dienone is 4. The van der Waals surface area contributed by atoms with Crippen molar-refractivity contribution >= 4 is 6.09 Å². The van der Waals surface area contributed by atoms with Crippen LogP contribution in [0.1, 0.15) is 8.35 Å². The Kier molecular flexibility index (Phi) is 3.31. The van der Waals surface area contributed by atoms with Crippen molar-refractivity contribution in [2.45, 2.75) is 13.0 Å². The van der Waals surface area contributed by atoms with Gasteiger partial charge in [-0.1, -0.05) is 30.9 Å². The number of rotatable bonds is 3. The van der Waals surface area contributed by atoms with Crippen LogP contribution in [0, 0.1) is 0 Å². The van der Waals surface area contributed by atoms with E-state index in [0.29, 0.717) is 6.61 Å². The quantitative estimate of drug-likeness (QED) is 0.676. The number of hydrogen-bond donors (Lipinski definition) is 1. The Hall–Kier alpha value is -1.51. The highest BCUT2D eigenvalue weighted by Crippen LogP contribution is 2.07. The molecule has 0 radical (unpaired) electrons. The summed E-state index contributed by atoms with van der Waals surface area (Å²) in [5, 5.41) is 2.69. The number of cyclic esters (lactones) is 1. The standard InChI is InChI=1S/C10H13NO2.H2/c1-3-4-5-6-8(2)9-7-13-10(12)11-9;/h3-6,9H,1,7H2,2H3,(H,11,12);1H/b5-4-,8-6+;/t9-;/m1./s1. The Bertz CT molecular complexity index is 271. The van der Waals surface area contributed by atoms with Crippen molar-refractivity contribution in [2.24, 2.45) is 0 Å². The van der Waals surface area contributed by atoms with Gasteiger partial charge >= 0.3 is 6.09 Å². The first-order chi connectivity index (χ1) is 6.24. The fraction of sp³-hybridized carbons (Fsp3) is 0.300. The summed E-state index contributed by atoms with van der Waals surface area (Å²) < 4.78 is 4.76. The lowest BCUT2D eigenvalue weighted by molar-refractivity contribution is 0.177. The van der Waals surface area contributed by atoms with E-state index in [-0.39, 0.29) is 13.6 Å². The van der Waals surface area contributed by atoms with E-state index in [0.717, 1.165) is 5.57 Å². The van der Waals surface area contributed by atoms with Gasteiger partial charge in [0.25, 0.3) is 0 Å². The van der Waals surface area contributed by atoms with Crippen molar-refractivity contribution in [3.8, 4) is 0 Å². The molecule has 1 aliphatic heterocycles. The number of amides is 1. The second-order valence-electron chi connectivity index (χ2n) is 2.83. The van der Waals surface area contributed by atoms with E-state index in [2.05, 4.69) is 11.9 Å².